The number of rotatable bonds is 15. The Morgan fingerprint density at radius 3 is 1.83 bits per heavy atom. The van der Waals surface area contributed by atoms with E-state index in [1.807, 2.05) is 7.05 Å². The van der Waals surface area contributed by atoms with E-state index in [1.165, 1.54) is 64.5 Å². The molecule has 0 aliphatic carbocycles. The fourth-order valence-electron chi connectivity index (χ4n) is 1.98. The van der Waals surface area contributed by atoms with Crippen molar-refractivity contribution in [2.24, 2.45) is 0 Å². The lowest BCUT2D eigenvalue weighted by atomic mass is 10.2. The minimum atomic E-state index is 0.857. The molecule has 0 atom stereocenters. The van der Waals surface area contributed by atoms with Crippen LogP contribution in [0.25, 0.3) is 0 Å². The molecule has 0 radical (unpaired) electrons. The third-order valence-corrected chi connectivity index (χ3v) is 3.13. The van der Waals surface area contributed by atoms with Crippen molar-refractivity contribution in [1.29, 1.82) is 0 Å². The average Bonchev–Trinajstić information content (AvgIpc) is 2.39. The molecule has 0 bridgehead atoms. The largest absolute Gasteiger partial charge is 0.382 e. The SMILES string of the molecule is CCOCCCCCCNCCCCCCNC. The molecular formula is C15H34N2O. The predicted molar refractivity (Wildman–Crippen MR) is 80.2 cm³/mol. The summed E-state index contributed by atoms with van der Waals surface area (Å²) in [4.78, 5) is 0. The smallest absolute Gasteiger partial charge is 0.0465 e. The molecule has 110 valence electrons. The lowest BCUT2D eigenvalue weighted by Crippen LogP contribution is -2.16. The zero-order valence-electron chi connectivity index (χ0n) is 12.6. The van der Waals surface area contributed by atoms with E-state index >= 15 is 0 Å². The molecule has 0 fully saturated rings. The summed E-state index contributed by atoms with van der Waals surface area (Å²) in [6, 6.07) is 0. The fourth-order valence-corrected chi connectivity index (χ4v) is 1.98. The van der Waals surface area contributed by atoms with E-state index in [-0.39, 0.29) is 0 Å². The second kappa shape index (κ2) is 16.9. The summed E-state index contributed by atoms with van der Waals surface area (Å²) in [6.45, 7) is 7.40. The van der Waals surface area contributed by atoms with Crippen molar-refractivity contribution in [3.05, 3.63) is 0 Å². The molecule has 3 heteroatoms. The molecule has 0 unspecified atom stereocenters. The zero-order valence-corrected chi connectivity index (χ0v) is 12.6. The molecule has 0 saturated carbocycles. The second-order valence-corrected chi connectivity index (χ2v) is 4.88. The van der Waals surface area contributed by atoms with Gasteiger partial charge in [-0.1, -0.05) is 25.7 Å². The first kappa shape index (κ1) is 17.9. The standard InChI is InChI=1S/C15H34N2O/c1-3-18-15-11-7-6-10-14-17-13-9-5-4-8-12-16-2/h16-17H,3-15H2,1-2H3. The zero-order chi connectivity index (χ0) is 13.3. The summed E-state index contributed by atoms with van der Waals surface area (Å²) >= 11 is 0. The van der Waals surface area contributed by atoms with E-state index in [2.05, 4.69) is 17.6 Å². The highest BCUT2D eigenvalue weighted by Gasteiger charge is 1.92. The maximum atomic E-state index is 5.31. The van der Waals surface area contributed by atoms with E-state index in [0.29, 0.717) is 0 Å². The summed E-state index contributed by atoms with van der Waals surface area (Å²) < 4.78 is 5.31. The molecule has 18 heavy (non-hydrogen) atoms. The molecule has 3 nitrogen and oxygen atoms in total. The number of ether oxygens (including phenoxy) is 1. The van der Waals surface area contributed by atoms with Gasteiger partial charge in [0.25, 0.3) is 0 Å². The van der Waals surface area contributed by atoms with Crippen LogP contribution in [0.3, 0.4) is 0 Å². The third kappa shape index (κ3) is 15.9. The molecular weight excluding hydrogens is 224 g/mol. The maximum Gasteiger partial charge on any atom is 0.0465 e. The van der Waals surface area contributed by atoms with Crippen LogP contribution in [0.1, 0.15) is 58.3 Å². The van der Waals surface area contributed by atoms with Crippen molar-refractivity contribution in [2.45, 2.75) is 58.3 Å². The summed E-state index contributed by atoms with van der Waals surface area (Å²) in [5.74, 6) is 0. The molecule has 2 N–H and O–H groups in total. The minimum absolute atomic E-state index is 0.857. The Hall–Kier alpha value is -0.120. The molecule has 0 spiro atoms. The molecule has 0 rings (SSSR count). The Kier molecular flexibility index (Phi) is 16.8. The summed E-state index contributed by atoms with van der Waals surface area (Å²) in [5, 5.41) is 6.72. The van der Waals surface area contributed by atoms with Gasteiger partial charge >= 0.3 is 0 Å². The van der Waals surface area contributed by atoms with Gasteiger partial charge in [-0.25, -0.2) is 0 Å². The summed E-state index contributed by atoms with van der Waals surface area (Å²) in [7, 11) is 2.02. The van der Waals surface area contributed by atoms with Crippen LogP contribution in [0.2, 0.25) is 0 Å². The van der Waals surface area contributed by atoms with Gasteiger partial charge in [0.2, 0.25) is 0 Å². The number of unbranched alkanes of at least 4 members (excludes halogenated alkanes) is 6. The average molecular weight is 258 g/mol. The summed E-state index contributed by atoms with van der Waals surface area (Å²) in [5.41, 5.74) is 0. The van der Waals surface area contributed by atoms with E-state index in [1.54, 1.807) is 0 Å². The van der Waals surface area contributed by atoms with Crippen molar-refractivity contribution < 1.29 is 4.74 Å². The number of hydrogen-bond acceptors (Lipinski definition) is 3. The van der Waals surface area contributed by atoms with Crippen molar-refractivity contribution >= 4 is 0 Å². The Bertz CT molecular complexity index is 126. The van der Waals surface area contributed by atoms with Crippen LogP contribution in [-0.2, 0) is 4.74 Å². The van der Waals surface area contributed by atoms with Crippen molar-refractivity contribution in [2.75, 3.05) is 39.9 Å². The summed E-state index contributed by atoms with van der Waals surface area (Å²) in [6.07, 6.45) is 10.5. The van der Waals surface area contributed by atoms with Crippen LogP contribution >= 0.6 is 0 Å². The highest BCUT2D eigenvalue weighted by atomic mass is 16.5. The molecule has 0 aliphatic rings. The van der Waals surface area contributed by atoms with Crippen molar-refractivity contribution in [3.63, 3.8) is 0 Å². The van der Waals surface area contributed by atoms with Gasteiger partial charge in [0.05, 0.1) is 0 Å². The van der Waals surface area contributed by atoms with E-state index in [0.717, 1.165) is 19.8 Å². The van der Waals surface area contributed by atoms with E-state index in [4.69, 9.17) is 4.74 Å². The van der Waals surface area contributed by atoms with E-state index in [9.17, 15) is 0 Å². The van der Waals surface area contributed by atoms with Gasteiger partial charge in [0, 0.05) is 13.2 Å². The molecule has 0 aliphatic heterocycles. The maximum absolute atomic E-state index is 5.31. The highest BCUT2D eigenvalue weighted by Crippen LogP contribution is 2.00. The minimum Gasteiger partial charge on any atom is -0.382 e. The Balaban J connectivity index is 2.86. The van der Waals surface area contributed by atoms with Crippen LogP contribution < -0.4 is 10.6 Å². The fraction of sp³-hybridized carbons (Fsp3) is 1.00. The molecule has 0 aromatic rings. The van der Waals surface area contributed by atoms with Gasteiger partial charge in [0.1, 0.15) is 0 Å². The molecule has 0 amide bonds. The van der Waals surface area contributed by atoms with Crippen LogP contribution in [0, 0.1) is 0 Å². The quantitative estimate of drug-likeness (QED) is 0.443. The second-order valence-electron chi connectivity index (χ2n) is 4.88. The first-order valence-corrected chi connectivity index (χ1v) is 7.85. The van der Waals surface area contributed by atoms with Crippen LogP contribution in [-0.4, -0.2) is 39.9 Å². The van der Waals surface area contributed by atoms with Gasteiger partial charge in [-0.2, -0.15) is 0 Å². The van der Waals surface area contributed by atoms with Crippen LogP contribution in [0.5, 0.6) is 0 Å². The number of hydrogen-bond donors (Lipinski definition) is 2. The molecule has 0 saturated heterocycles. The Labute approximate surface area is 114 Å². The Morgan fingerprint density at radius 1 is 0.722 bits per heavy atom. The normalized spacial score (nSPS) is 11.0. The van der Waals surface area contributed by atoms with Gasteiger partial charge in [-0.3, -0.25) is 0 Å². The molecule has 0 aromatic heterocycles. The Morgan fingerprint density at radius 2 is 1.28 bits per heavy atom. The third-order valence-electron chi connectivity index (χ3n) is 3.13. The van der Waals surface area contributed by atoms with E-state index < -0.39 is 0 Å². The lowest BCUT2D eigenvalue weighted by Gasteiger charge is -2.05. The van der Waals surface area contributed by atoms with Crippen molar-refractivity contribution in [3.8, 4) is 0 Å². The van der Waals surface area contributed by atoms with Gasteiger partial charge in [-0.15, -0.1) is 0 Å². The first-order chi connectivity index (χ1) is 8.91. The van der Waals surface area contributed by atoms with Gasteiger partial charge in [-0.05, 0) is 59.3 Å². The van der Waals surface area contributed by atoms with Crippen LogP contribution in [0.15, 0.2) is 0 Å². The topological polar surface area (TPSA) is 33.3 Å². The highest BCUT2D eigenvalue weighted by molar-refractivity contribution is 4.51. The van der Waals surface area contributed by atoms with Gasteiger partial charge < -0.3 is 15.4 Å². The first-order valence-electron chi connectivity index (χ1n) is 7.85. The molecule has 0 heterocycles. The van der Waals surface area contributed by atoms with Crippen molar-refractivity contribution in [1.82, 2.24) is 10.6 Å². The monoisotopic (exact) mass is 258 g/mol. The predicted octanol–water partition coefficient (Wildman–Crippen LogP) is 2.95. The molecule has 0 aromatic carbocycles. The van der Waals surface area contributed by atoms with Crippen LogP contribution in [0.4, 0.5) is 0 Å². The lowest BCUT2D eigenvalue weighted by molar-refractivity contribution is 0.143. The number of nitrogens with one attached hydrogen (secondary N) is 2. The van der Waals surface area contributed by atoms with Gasteiger partial charge in [0.15, 0.2) is 0 Å².